The molecule has 1 unspecified atom stereocenters. The molecule has 1 saturated carbocycles. The molecule has 0 bridgehead atoms. The van der Waals surface area contributed by atoms with Crippen LogP contribution in [0, 0.1) is 16.7 Å². The summed E-state index contributed by atoms with van der Waals surface area (Å²) in [4.78, 5) is 20.3. The van der Waals surface area contributed by atoms with Gasteiger partial charge in [0.2, 0.25) is 0 Å². The standard InChI is InChI=1S/C18H21N9O/c1-20-17(28)16-13(24-11-2-3-18(5-11)9-21-10-18)4-14(26-27-16)25-15-8-22-12(6-19)7-23-15/h4,7-8,11,21H,2-3,5,9-10H2,1H3,(H,20,28)(H2,23,24,25,26). The fourth-order valence-electron chi connectivity index (χ4n) is 3.78. The molecule has 10 heteroatoms. The van der Waals surface area contributed by atoms with Gasteiger partial charge in [0.25, 0.3) is 5.91 Å². The molecule has 2 aliphatic rings. The number of hydrogen-bond acceptors (Lipinski definition) is 9. The van der Waals surface area contributed by atoms with Crippen molar-refractivity contribution in [3.63, 3.8) is 0 Å². The summed E-state index contributed by atoms with van der Waals surface area (Å²) >= 11 is 0. The number of aromatic nitrogens is 4. The molecule has 2 aromatic rings. The lowest BCUT2D eigenvalue weighted by Gasteiger charge is -2.39. The van der Waals surface area contributed by atoms with E-state index in [0.29, 0.717) is 22.7 Å². The van der Waals surface area contributed by atoms with Crippen LogP contribution in [0.5, 0.6) is 0 Å². The van der Waals surface area contributed by atoms with Crippen molar-refractivity contribution in [1.82, 2.24) is 30.8 Å². The van der Waals surface area contributed by atoms with Crippen LogP contribution in [0.4, 0.5) is 17.3 Å². The molecule has 2 fully saturated rings. The minimum absolute atomic E-state index is 0.231. The van der Waals surface area contributed by atoms with E-state index in [9.17, 15) is 4.79 Å². The van der Waals surface area contributed by atoms with Gasteiger partial charge in [-0.15, -0.1) is 10.2 Å². The van der Waals surface area contributed by atoms with Gasteiger partial charge in [-0.1, -0.05) is 0 Å². The van der Waals surface area contributed by atoms with Crippen molar-refractivity contribution in [3.8, 4) is 6.07 Å². The summed E-state index contributed by atoms with van der Waals surface area (Å²) in [5, 5.41) is 29.4. The Morgan fingerprint density at radius 3 is 2.75 bits per heavy atom. The third-order valence-electron chi connectivity index (χ3n) is 5.32. The average Bonchev–Trinajstić information content (AvgIpc) is 3.13. The highest BCUT2D eigenvalue weighted by molar-refractivity contribution is 5.97. The SMILES string of the molecule is CNC(=O)c1nnc(Nc2cnc(C#N)cn2)cc1NC1CCC2(CNC2)C1. The lowest BCUT2D eigenvalue weighted by Crippen LogP contribution is -2.52. The van der Waals surface area contributed by atoms with E-state index in [0.717, 1.165) is 25.9 Å². The van der Waals surface area contributed by atoms with Gasteiger partial charge in [-0.3, -0.25) is 4.79 Å². The summed E-state index contributed by atoms with van der Waals surface area (Å²) in [6.45, 7) is 2.12. The first-order valence-electron chi connectivity index (χ1n) is 9.17. The van der Waals surface area contributed by atoms with Crippen LogP contribution < -0.4 is 21.3 Å². The molecule has 1 aliphatic carbocycles. The molecule has 28 heavy (non-hydrogen) atoms. The van der Waals surface area contributed by atoms with Crippen LogP contribution in [0.3, 0.4) is 0 Å². The molecule has 10 nitrogen and oxygen atoms in total. The third-order valence-corrected chi connectivity index (χ3v) is 5.32. The Hall–Kier alpha value is -3.32. The first-order chi connectivity index (χ1) is 13.6. The quantitative estimate of drug-likeness (QED) is 0.593. The maximum Gasteiger partial charge on any atom is 0.273 e. The van der Waals surface area contributed by atoms with Gasteiger partial charge in [-0.2, -0.15) is 5.26 Å². The fourth-order valence-corrected chi connectivity index (χ4v) is 3.78. The number of amides is 1. The molecular weight excluding hydrogens is 358 g/mol. The lowest BCUT2D eigenvalue weighted by atomic mass is 9.80. The Labute approximate surface area is 162 Å². The zero-order valence-corrected chi connectivity index (χ0v) is 15.5. The van der Waals surface area contributed by atoms with Crippen molar-refractivity contribution >= 4 is 23.2 Å². The van der Waals surface area contributed by atoms with E-state index in [1.807, 2.05) is 6.07 Å². The van der Waals surface area contributed by atoms with E-state index >= 15 is 0 Å². The Morgan fingerprint density at radius 1 is 1.29 bits per heavy atom. The Morgan fingerprint density at radius 2 is 2.14 bits per heavy atom. The van der Waals surface area contributed by atoms with Gasteiger partial charge in [0, 0.05) is 32.2 Å². The van der Waals surface area contributed by atoms with Crippen LogP contribution in [0.15, 0.2) is 18.5 Å². The molecule has 0 radical (unpaired) electrons. The average molecular weight is 379 g/mol. The summed E-state index contributed by atoms with van der Waals surface area (Å²) in [5.74, 6) is 0.581. The van der Waals surface area contributed by atoms with E-state index in [4.69, 9.17) is 5.26 Å². The van der Waals surface area contributed by atoms with Crippen molar-refractivity contribution in [2.45, 2.75) is 25.3 Å². The maximum atomic E-state index is 12.2. The molecule has 1 aliphatic heterocycles. The van der Waals surface area contributed by atoms with Crippen LogP contribution in [0.2, 0.25) is 0 Å². The Bertz CT molecular complexity index is 918. The molecule has 0 aromatic carbocycles. The van der Waals surface area contributed by atoms with E-state index in [1.165, 1.54) is 18.8 Å². The second-order valence-corrected chi connectivity index (χ2v) is 7.28. The van der Waals surface area contributed by atoms with Crippen LogP contribution in [0.25, 0.3) is 0 Å². The topological polar surface area (TPSA) is 141 Å². The van der Waals surface area contributed by atoms with Gasteiger partial charge in [0.1, 0.15) is 11.9 Å². The molecule has 1 saturated heterocycles. The Kier molecular flexibility index (Phi) is 4.75. The molecule has 4 rings (SSSR count). The minimum Gasteiger partial charge on any atom is -0.380 e. The van der Waals surface area contributed by atoms with E-state index in [1.54, 1.807) is 13.1 Å². The lowest BCUT2D eigenvalue weighted by molar-refractivity contribution is 0.0958. The fraction of sp³-hybridized carbons (Fsp3) is 0.444. The number of carbonyl (C=O) groups is 1. The highest BCUT2D eigenvalue weighted by atomic mass is 16.1. The van der Waals surface area contributed by atoms with Crippen molar-refractivity contribution in [3.05, 3.63) is 29.8 Å². The summed E-state index contributed by atoms with van der Waals surface area (Å²) < 4.78 is 0. The van der Waals surface area contributed by atoms with Gasteiger partial charge >= 0.3 is 0 Å². The predicted molar refractivity (Wildman–Crippen MR) is 102 cm³/mol. The number of anilines is 3. The molecule has 1 amide bonds. The van der Waals surface area contributed by atoms with Crippen LogP contribution in [-0.4, -0.2) is 52.3 Å². The smallest absolute Gasteiger partial charge is 0.273 e. The summed E-state index contributed by atoms with van der Waals surface area (Å²) in [5.41, 5.74) is 1.51. The maximum absolute atomic E-state index is 12.2. The van der Waals surface area contributed by atoms with Gasteiger partial charge in [-0.05, 0) is 24.7 Å². The first-order valence-corrected chi connectivity index (χ1v) is 9.17. The van der Waals surface area contributed by atoms with Crippen molar-refractivity contribution in [2.24, 2.45) is 5.41 Å². The zero-order valence-electron chi connectivity index (χ0n) is 15.5. The second kappa shape index (κ2) is 7.36. The van der Waals surface area contributed by atoms with Crippen LogP contribution >= 0.6 is 0 Å². The number of nitrogens with one attached hydrogen (secondary N) is 4. The highest BCUT2D eigenvalue weighted by Gasteiger charge is 2.43. The molecular formula is C18H21N9O. The van der Waals surface area contributed by atoms with Crippen molar-refractivity contribution in [1.29, 1.82) is 5.26 Å². The highest BCUT2D eigenvalue weighted by Crippen LogP contribution is 2.42. The minimum atomic E-state index is -0.294. The van der Waals surface area contributed by atoms with E-state index < -0.39 is 0 Å². The zero-order chi connectivity index (χ0) is 19.6. The van der Waals surface area contributed by atoms with Crippen LogP contribution in [-0.2, 0) is 0 Å². The number of nitrogens with zero attached hydrogens (tertiary/aromatic N) is 5. The van der Waals surface area contributed by atoms with Gasteiger partial charge in [0.05, 0.1) is 18.1 Å². The first kappa shape index (κ1) is 18.1. The molecule has 144 valence electrons. The Balaban J connectivity index is 1.54. The third kappa shape index (κ3) is 3.57. The predicted octanol–water partition coefficient (Wildman–Crippen LogP) is 0.795. The largest absolute Gasteiger partial charge is 0.380 e. The summed E-state index contributed by atoms with van der Waals surface area (Å²) in [6, 6.07) is 3.96. The number of carbonyl (C=O) groups excluding carboxylic acids is 1. The van der Waals surface area contributed by atoms with Crippen molar-refractivity contribution in [2.75, 3.05) is 30.8 Å². The second-order valence-electron chi connectivity index (χ2n) is 7.28. The number of hydrogen-bond donors (Lipinski definition) is 4. The van der Waals surface area contributed by atoms with Gasteiger partial charge in [-0.25, -0.2) is 9.97 Å². The van der Waals surface area contributed by atoms with E-state index in [-0.39, 0.29) is 23.3 Å². The molecule has 4 N–H and O–H groups in total. The molecule has 2 aromatic heterocycles. The normalized spacial score (nSPS) is 19.5. The van der Waals surface area contributed by atoms with Crippen molar-refractivity contribution < 1.29 is 4.79 Å². The monoisotopic (exact) mass is 379 g/mol. The molecule has 1 spiro atoms. The van der Waals surface area contributed by atoms with Gasteiger partial charge < -0.3 is 21.3 Å². The molecule has 1 atom stereocenters. The van der Waals surface area contributed by atoms with E-state index in [2.05, 4.69) is 41.4 Å². The van der Waals surface area contributed by atoms with Gasteiger partial charge in [0.15, 0.2) is 17.2 Å². The van der Waals surface area contributed by atoms with Crippen LogP contribution in [0.1, 0.15) is 35.4 Å². The number of nitriles is 1. The summed E-state index contributed by atoms with van der Waals surface area (Å²) in [7, 11) is 1.57. The molecule has 3 heterocycles. The number of rotatable bonds is 5. The summed E-state index contributed by atoms with van der Waals surface area (Å²) in [6.07, 6.45) is 6.13.